The largest absolute Gasteiger partial charge is 0.308 e. The summed E-state index contributed by atoms with van der Waals surface area (Å²) in [5, 5.41) is 5.41. The van der Waals surface area contributed by atoms with E-state index >= 15 is 0 Å². The van der Waals surface area contributed by atoms with E-state index in [2.05, 4.69) is 19.7 Å². The number of hydrogen-bond acceptors (Lipinski definition) is 2. The summed E-state index contributed by atoms with van der Waals surface area (Å²) in [4.78, 5) is 18.8. The molecule has 5 aromatic rings. The predicted octanol–water partition coefficient (Wildman–Crippen LogP) is 9.78. The highest BCUT2D eigenvalue weighted by Crippen LogP contribution is 2.51. The number of benzene rings is 3. The Bertz CT molecular complexity index is 2100. The Morgan fingerprint density at radius 2 is 1.46 bits per heavy atom. The van der Waals surface area contributed by atoms with E-state index in [1.807, 2.05) is 41.8 Å². The number of hydrogen-bond donors (Lipinski definition) is 0. The Balaban J connectivity index is 1.61. The summed E-state index contributed by atoms with van der Waals surface area (Å²) in [6, 6.07) is 9.48. The van der Waals surface area contributed by atoms with Crippen LogP contribution in [0.25, 0.3) is 46.1 Å². The van der Waals surface area contributed by atoms with E-state index in [-0.39, 0.29) is 15.8 Å². The molecular weight excluding hydrogens is 641 g/mol. The van der Waals surface area contributed by atoms with Gasteiger partial charge in [-0.05, 0) is 42.2 Å². The van der Waals surface area contributed by atoms with Gasteiger partial charge in [0.05, 0.1) is 53.0 Å². The number of rotatable bonds is 3. The van der Waals surface area contributed by atoms with Gasteiger partial charge in [-0.15, -0.1) is 0 Å². The number of para-hydroxylation sites is 1. The first-order chi connectivity index (χ1) is 19.4. The van der Waals surface area contributed by atoms with Crippen molar-refractivity contribution in [1.82, 2.24) is 9.55 Å². The van der Waals surface area contributed by atoms with Crippen LogP contribution in [0.15, 0.2) is 36.9 Å². The quantitative estimate of drug-likeness (QED) is 0.181. The Kier molecular flexibility index (Phi) is 7.01. The van der Waals surface area contributed by atoms with Gasteiger partial charge < -0.3 is 4.57 Å². The highest BCUT2D eigenvalue weighted by atomic mass is 35.5. The summed E-state index contributed by atoms with van der Waals surface area (Å²) in [5.74, 6) is -1.02. The lowest BCUT2D eigenvalue weighted by molar-refractivity contribution is 0.0985. The lowest BCUT2D eigenvalue weighted by atomic mass is 9.95. The maximum atomic E-state index is 13.8. The molecule has 0 fully saturated rings. The zero-order valence-electron chi connectivity index (χ0n) is 21.9. The van der Waals surface area contributed by atoms with Crippen molar-refractivity contribution in [3.8, 4) is 5.69 Å². The highest BCUT2D eigenvalue weighted by Gasteiger charge is 2.41. The Morgan fingerprint density at radius 1 is 0.805 bits per heavy atom. The van der Waals surface area contributed by atoms with Crippen LogP contribution in [0.4, 0.5) is 0 Å². The smallest absolute Gasteiger partial charge is 0.178 e. The van der Waals surface area contributed by atoms with Crippen molar-refractivity contribution < 1.29 is 4.79 Å². The molecule has 0 saturated carbocycles. The molecule has 0 spiro atoms. The van der Waals surface area contributed by atoms with Crippen molar-refractivity contribution in [2.75, 3.05) is 0 Å². The molecule has 1 unspecified atom stereocenters. The molecule has 1 aliphatic rings. The van der Waals surface area contributed by atoms with Gasteiger partial charge in [-0.3, -0.25) is 4.79 Å². The van der Waals surface area contributed by atoms with Crippen LogP contribution in [-0.2, 0) is 6.42 Å². The number of Topliss-reactive ketones (excluding diaryl/α,β-unsaturated/α-hetero) is 1. The summed E-state index contributed by atoms with van der Waals surface area (Å²) in [7, 11) is 0. The van der Waals surface area contributed by atoms with Crippen molar-refractivity contribution in [2.45, 2.75) is 26.2 Å². The molecule has 0 radical (unpaired) electrons. The standard InChI is InChI=1S/C32H20Cl6N2O/c1-6-17-27(35)22-14(4)40(15(5)23(22)30(38)28(17)36)19-9-7-8-16-10-11-18(39-31(16)19)20-12(2)21-24(32(20)41)25(33)13(3)26(34)29(21)37/h7-11,20H,2,4-6H2,1,3H3. The lowest BCUT2D eigenvalue weighted by Crippen LogP contribution is -2.23. The molecule has 0 N–H and O–H groups in total. The average molecular weight is 661 g/mol. The van der Waals surface area contributed by atoms with Crippen molar-refractivity contribution in [2.24, 2.45) is 0 Å². The number of fused-ring (bicyclic) bond motifs is 3. The molecular formula is C32H20Cl6N2O. The second-order valence-corrected chi connectivity index (χ2v) is 12.2. The summed E-state index contributed by atoms with van der Waals surface area (Å²) in [6.07, 6.45) is 0.601. The van der Waals surface area contributed by atoms with Crippen LogP contribution in [0.2, 0.25) is 30.1 Å². The van der Waals surface area contributed by atoms with Crippen molar-refractivity contribution in [1.29, 1.82) is 0 Å². The molecule has 0 amide bonds. The minimum atomic E-state index is -0.785. The maximum Gasteiger partial charge on any atom is 0.178 e. The number of carbonyl (C=O) groups excluding carboxylic acids is 1. The van der Waals surface area contributed by atoms with Crippen LogP contribution in [0.5, 0.6) is 0 Å². The Labute approximate surface area is 266 Å². The molecule has 3 aromatic carbocycles. The van der Waals surface area contributed by atoms with Gasteiger partial charge in [0, 0.05) is 38.0 Å². The van der Waals surface area contributed by atoms with Crippen LogP contribution in [0, 0.1) is 6.92 Å². The predicted molar refractivity (Wildman–Crippen MR) is 176 cm³/mol. The second-order valence-electron chi connectivity index (χ2n) is 9.98. The lowest BCUT2D eigenvalue weighted by Gasteiger charge is -2.14. The number of pyridine rings is 1. The molecule has 0 saturated heterocycles. The molecule has 206 valence electrons. The molecule has 2 heterocycles. The van der Waals surface area contributed by atoms with Crippen LogP contribution in [-0.4, -0.2) is 15.3 Å². The van der Waals surface area contributed by atoms with E-state index in [1.165, 1.54) is 0 Å². The Morgan fingerprint density at radius 3 is 2.12 bits per heavy atom. The monoisotopic (exact) mass is 658 g/mol. The molecule has 0 aliphatic heterocycles. The van der Waals surface area contributed by atoms with Gasteiger partial charge in [0.1, 0.15) is 0 Å². The van der Waals surface area contributed by atoms with E-state index in [0.717, 1.165) is 10.9 Å². The normalized spacial score (nSPS) is 15.0. The Hall–Kier alpha value is -2.50. The number of nitrogens with zero attached hydrogens (tertiary/aromatic N) is 2. The summed E-state index contributed by atoms with van der Waals surface area (Å²) < 4.78 is 1.87. The maximum absolute atomic E-state index is 13.8. The summed E-state index contributed by atoms with van der Waals surface area (Å²) in [6.45, 7) is 16.6. The van der Waals surface area contributed by atoms with E-state index in [4.69, 9.17) is 74.6 Å². The van der Waals surface area contributed by atoms with Crippen molar-refractivity contribution in [3.05, 3.63) is 106 Å². The second kappa shape index (κ2) is 10.1. The minimum Gasteiger partial charge on any atom is -0.308 e. The fourth-order valence-electron chi connectivity index (χ4n) is 5.80. The zero-order valence-corrected chi connectivity index (χ0v) is 26.4. The molecule has 41 heavy (non-hydrogen) atoms. The summed E-state index contributed by atoms with van der Waals surface area (Å²) >= 11 is 39.8. The molecule has 1 aliphatic carbocycles. The van der Waals surface area contributed by atoms with Gasteiger partial charge in [-0.1, -0.05) is 114 Å². The highest BCUT2D eigenvalue weighted by molar-refractivity contribution is 6.49. The van der Waals surface area contributed by atoms with E-state index in [0.29, 0.717) is 87.1 Å². The number of aromatic nitrogens is 2. The SMILES string of the molecule is C=C1c2c(Cl)c(Cl)c(C)c(Cl)c2C(=O)C1c1ccc2cccc(-n3c(=C)c4c(Cl)c(Cl)c(CC)c(Cl)c4c3=C)c2n1. The molecule has 2 aromatic heterocycles. The van der Waals surface area contributed by atoms with Crippen LogP contribution in [0.3, 0.4) is 0 Å². The third-order valence-electron chi connectivity index (χ3n) is 7.86. The number of carbonyl (C=O) groups is 1. The van der Waals surface area contributed by atoms with Crippen molar-refractivity contribution >= 4 is 116 Å². The first-order valence-electron chi connectivity index (χ1n) is 12.6. The topological polar surface area (TPSA) is 34.9 Å². The van der Waals surface area contributed by atoms with Crippen LogP contribution < -0.4 is 10.7 Å². The van der Waals surface area contributed by atoms with Crippen LogP contribution >= 0.6 is 69.6 Å². The third kappa shape index (κ3) is 3.87. The van der Waals surface area contributed by atoms with E-state index < -0.39 is 5.92 Å². The molecule has 0 bridgehead atoms. The molecule has 1 atom stereocenters. The molecule has 6 rings (SSSR count). The molecule has 3 nitrogen and oxygen atoms in total. The first kappa shape index (κ1) is 28.6. The minimum absolute atomic E-state index is 0.233. The van der Waals surface area contributed by atoms with E-state index in [9.17, 15) is 4.79 Å². The van der Waals surface area contributed by atoms with E-state index in [1.54, 1.807) is 6.92 Å². The van der Waals surface area contributed by atoms with Gasteiger partial charge in [-0.2, -0.15) is 0 Å². The number of ketones is 1. The zero-order chi connectivity index (χ0) is 29.7. The van der Waals surface area contributed by atoms with Gasteiger partial charge in [0.25, 0.3) is 0 Å². The fourth-order valence-corrected chi connectivity index (χ4v) is 7.79. The first-order valence-corrected chi connectivity index (χ1v) is 14.9. The van der Waals surface area contributed by atoms with Gasteiger partial charge >= 0.3 is 0 Å². The third-order valence-corrected chi connectivity index (χ3v) is 10.6. The van der Waals surface area contributed by atoms with Crippen molar-refractivity contribution in [3.63, 3.8) is 0 Å². The van der Waals surface area contributed by atoms with Crippen LogP contribution in [0.1, 0.15) is 45.6 Å². The summed E-state index contributed by atoms with van der Waals surface area (Å²) in [5.41, 5.74) is 4.37. The average Bonchev–Trinajstić information content (AvgIpc) is 3.37. The fraction of sp³-hybridized carbons (Fsp3) is 0.125. The van der Waals surface area contributed by atoms with Gasteiger partial charge in [0.2, 0.25) is 0 Å². The van der Waals surface area contributed by atoms with Gasteiger partial charge in [0.15, 0.2) is 5.78 Å². The molecule has 9 heteroatoms. The van der Waals surface area contributed by atoms with Gasteiger partial charge in [-0.25, -0.2) is 4.98 Å². The number of halogens is 6. The number of allylic oxidation sites excluding steroid dienone is 1.